The van der Waals surface area contributed by atoms with Crippen LogP contribution in [0.2, 0.25) is 0 Å². The largest absolute Gasteiger partial charge is 0.339 e. The van der Waals surface area contributed by atoms with E-state index >= 15 is 0 Å². The number of thiocarbonyl (C=S) groups is 1. The summed E-state index contributed by atoms with van der Waals surface area (Å²) in [5.41, 5.74) is 5.50. The first-order chi connectivity index (χ1) is 5.25. The van der Waals surface area contributed by atoms with E-state index in [0.29, 0.717) is 5.11 Å². The van der Waals surface area contributed by atoms with Crippen LogP contribution in [-0.2, 0) is 0 Å². The van der Waals surface area contributed by atoms with Crippen LogP contribution in [0.15, 0.2) is 0 Å². The van der Waals surface area contributed by atoms with Crippen molar-refractivity contribution in [2.45, 2.75) is 12.3 Å². The molecular formula is C4H7N5OS. The van der Waals surface area contributed by atoms with Crippen LogP contribution in [0.5, 0.6) is 0 Å². The fourth-order valence-corrected chi connectivity index (χ4v) is 1.24. The van der Waals surface area contributed by atoms with Crippen molar-refractivity contribution in [3.8, 4) is 0 Å². The number of hydrogen-bond donors (Lipinski definition) is 5. The van der Waals surface area contributed by atoms with Crippen molar-refractivity contribution in [2.75, 3.05) is 0 Å². The van der Waals surface area contributed by atoms with Gasteiger partial charge in [-0.1, -0.05) is 0 Å². The van der Waals surface area contributed by atoms with Gasteiger partial charge in [0.2, 0.25) is 0 Å². The van der Waals surface area contributed by atoms with Gasteiger partial charge in [0.25, 0.3) is 0 Å². The van der Waals surface area contributed by atoms with E-state index < -0.39 is 0 Å². The summed E-state index contributed by atoms with van der Waals surface area (Å²) in [5.74, 6) is 0. The summed E-state index contributed by atoms with van der Waals surface area (Å²) < 4.78 is 0. The molecule has 0 bridgehead atoms. The molecule has 7 heteroatoms. The molecule has 0 aromatic rings. The van der Waals surface area contributed by atoms with E-state index in [-0.39, 0.29) is 18.4 Å². The Bertz CT molecular complexity index is 217. The van der Waals surface area contributed by atoms with E-state index in [4.69, 9.17) is 12.2 Å². The molecule has 2 rings (SSSR count). The lowest BCUT2D eigenvalue weighted by Gasteiger charge is -2.28. The van der Waals surface area contributed by atoms with Crippen LogP contribution < -0.4 is 26.8 Å². The number of amides is 2. The fraction of sp³-hybridized carbons (Fsp3) is 0.500. The van der Waals surface area contributed by atoms with Crippen molar-refractivity contribution in [1.29, 1.82) is 0 Å². The van der Waals surface area contributed by atoms with Crippen LogP contribution in [0.1, 0.15) is 0 Å². The van der Waals surface area contributed by atoms with Gasteiger partial charge in [0.1, 0.15) is 12.3 Å². The number of rotatable bonds is 0. The van der Waals surface area contributed by atoms with Crippen LogP contribution >= 0.6 is 12.2 Å². The SMILES string of the molecule is O=C1N[C@H]2NNC(=S)N[C@H]2N1. The Morgan fingerprint density at radius 2 is 1.91 bits per heavy atom. The van der Waals surface area contributed by atoms with E-state index in [1.54, 1.807) is 0 Å². The number of hydrazine groups is 1. The van der Waals surface area contributed by atoms with Crippen LogP contribution in [0.4, 0.5) is 4.79 Å². The summed E-state index contributed by atoms with van der Waals surface area (Å²) in [5, 5.41) is 8.62. The number of nitrogens with one attached hydrogen (secondary N) is 5. The van der Waals surface area contributed by atoms with Gasteiger partial charge in [0.05, 0.1) is 0 Å². The minimum absolute atomic E-state index is 0.144. The molecular weight excluding hydrogens is 166 g/mol. The molecule has 6 nitrogen and oxygen atoms in total. The van der Waals surface area contributed by atoms with Gasteiger partial charge in [-0.15, -0.1) is 0 Å². The molecule has 0 aliphatic carbocycles. The molecule has 2 saturated heterocycles. The van der Waals surface area contributed by atoms with Crippen LogP contribution in [0.3, 0.4) is 0 Å². The molecule has 60 valence electrons. The molecule has 0 aromatic heterocycles. The molecule has 2 aliphatic rings. The van der Waals surface area contributed by atoms with Crippen molar-refractivity contribution in [2.24, 2.45) is 0 Å². The molecule has 2 amide bonds. The van der Waals surface area contributed by atoms with E-state index in [1.807, 2.05) is 0 Å². The van der Waals surface area contributed by atoms with Gasteiger partial charge in [-0.05, 0) is 12.2 Å². The highest BCUT2D eigenvalue weighted by Gasteiger charge is 2.34. The third kappa shape index (κ3) is 1.08. The first-order valence-corrected chi connectivity index (χ1v) is 3.55. The Morgan fingerprint density at radius 3 is 2.73 bits per heavy atom. The van der Waals surface area contributed by atoms with Gasteiger partial charge < -0.3 is 16.0 Å². The number of hydrogen-bond acceptors (Lipinski definition) is 3. The molecule has 2 atom stereocenters. The Morgan fingerprint density at radius 1 is 1.18 bits per heavy atom. The Kier molecular flexibility index (Phi) is 1.33. The molecule has 0 saturated carbocycles. The van der Waals surface area contributed by atoms with Crippen molar-refractivity contribution in [3.05, 3.63) is 0 Å². The second kappa shape index (κ2) is 2.21. The van der Waals surface area contributed by atoms with E-state index in [9.17, 15) is 4.79 Å². The van der Waals surface area contributed by atoms with Crippen LogP contribution in [0, 0.1) is 0 Å². The highest BCUT2D eigenvalue weighted by Crippen LogP contribution is 1.96. The molecule has 0 aromatic carbocycles. The molecule has 11 heavy (non-hydrogen) atoms. The van der Waals surface area contributed by atoms with Gasteiger partial charge in [-0.3, -0.25) is 5.43 Å². The summed E-state index contributed by atoms with van der Waals surface area (Å²) in [6.07, 6.45) is -0.301. The summed E-state index contributed by atoms with van der Waals surface area (Å²) >= 11 is 4.80. The predicted octanol–water partition coefficient (Wildman–Crippen LogP) is -2.07. The van der Waals surface area contributed by atoms with Gasteiger partial charge in [0.15, 0.2) is 5.11 Å². The van der Waals surface area contributed by atoms with Gasteiger partial charge in [-0.2, -0.15) is 0 Å². The molecule has 0 unspecified atom stereocenters. The van der Waals surface area contributed by atoms with E-state index in [0.717, 1.165) is 0 Å². The van der Waals surface area contributed by atoms with Gasteiger partial charge in [0, 0.05) is 0 Å². The molecule has 2 heterocycles. The smallest absolute Gasteiger partial charge is 0.317 e. The summed E-state index contributed by atoms with van der Waals surface area (Å²) in [7, 11) is 0. The molecule has 2 fully saturated rings. The summed E-state index contributed by atoms with van der Waals surface area (Å²) in [6.45, 7) is 0. The molecule has 0 radical (unpaired) electrons. The standard InChI is InChI=1S/C4H7N5OS/c10-3-5-1-2(6-3)8-9-4(11)7-1/h1-2,8H,(H2,5,6,10)(H2,7,9,11)/t1-,2+/m1/s1. The van der Waals surface area contributed by atoms with Crippen LogP contribution in [-0.4, -0.2) is 23.5 Å². The average Bonchev–Trinajstić information content (AvgIpc) is 2.27. The number of urea groups is 1. The number of carbonyl (C=O) groups excluding carboxylic acids is 1. The van der Waals surface area contributed by atoms with Crippen molar-refractivity contribution < 1.29 is 4.79 Å². The summed E-state index contributed by atoms with van der Waals surface area (Å²) in [6, 6.07) is -0.202. The lowest BCUT2D eigenvalue weighted by Crippen LogP contribution is -2.67. The lowest BCUT2D eigenvalue weighted by molar-refractivity contribution is 0.246. The zero-order valence-corrected chi connectivity index (χ0v) is 6.29. The molecule has 5 N–H and O–H groups in total. The normalized spacial score (nSPS) is 34.5. The van der Waals surface area contributed by atoms with Gasteiger partial charge in [-0.25, -0.2) is 10.2 Å². The van der Waals surface area contributed by atoms with Crippen molar-refractivity contribution >= 4 is 23.4 Å². The molecule has 2 aliphatic heterocycles. The lowest BCUT2D eigenvalue weighted by atomic mass is 10.4. The topological polar surface area (TPSA) is 77.2 Å². The zero-order chi connectivity index (χ0) is 7.84. The second-order valence-electron chi connectivity index (χ2n) is 2.32. The van der Waals surface area contributed by atoms with E-state index in [2.05, 4.69) is 26.8 Å². The fourth-order valence-electron chi connectivity index (χ4n) is 1.05. The first-order valence-electron chi connectivity index (χ1n) is 3.15. The predicted molar refractivity (Wildman–Crippen MR) is 41.2 cm³/mol. The average molecular weight is 173 g/mol. The summed E-state index contributed by atoms with van der Waals surface area (Å²) in [4.78, 5) is 10.7. The second-order valence-corrected chi connectivity index (χ2v) is 2.72. The highest BCUT2D eigenvalue weighted by atomic mass is 32.1. The maximum atomic E-state index is 10.7. The quantitative estimate of drug-likeness (QED) is 0.272. The Hall–Kier alpha value is -1.08. The number of fused-ring (bicyclic) bond motifs is 1. The first kappa shape index (κ1) is 6.62. The van der Waals surface area contributed by atoms with E-state index in [1.165, 1.54) is 0 Å². The third-order valence-electron chi connectivity index (χ3n) is 1.53. The van der Waals surface area contributed by atoms with Crippen LogP contribution in [0.25, 0.3) is 0 Å². The van der Waals surface area contributed by atoms with Gasteiger partial charge >= 0.3 is 6.03 Å². The third-order valence-corrected chi connectivity index (χ3v) is 1.75. The maximum Gasteiger partial charge on any atom is 0.317 e. The monoisotopic (exact) mass is 173 g/mol. The zero-order valence-electron chi connectivity index (χ0n) is 5.47. The Balaban J connectivity index is 2.08. The molecule has 0 spiro atoms. The highest BCUT2D eigenvalue weighted by molar-refractivity contribution is 7.80. The minimum atomic E-state index is -0.202. The number of carbonyl (C=O) groups is 1. The maximum absolute atomic E-state index is 10.7. The Labute approximate surface area is 68.1 Å². The minimum Gasteiger partial charge on any atom is -0.339 e. The van der Waals surface area contributed by atoms with Crippen molar-refractivity contribution in [3.63, 3.8) is 0 Å². The van der Waals surface area contributed by atoms with Crippen molar-refractivity contribution in [1.82, 2.24) is 26.8 Å².